The van der Waals surface area contributed by atoms with Crippen molar-refractivity contribution in [2.24, 2.45) is 0 Å². The summed E-state index contributed by atoms with van der Waals surface area (Å²) in [4.78, 5) is 2.48. The van der Waals surface area contributed by atoms with Gasteiger partial charge in [0.1, 0.15) is 0 Å². The zero-order chi connectivity index (χ0) is 12.6. The van der Waals surface area contributed by atoms with Gasteiger partial charge in [-0.05, 0) is 32.9 Å². The molecule has 2 atom stereocenters. The van der Waals surface area contributed by atoms with Gasteiger partial charge in [0, 0.05) is 18.1 Å². The SMILES string of the molecule is CCC(C)N(CC)CCC(CO)NC(C)C. The molecule has 98 valence electrons. The van der Waals surface area contributed by atoms with Crippen LogP contribution < -0.4 is 5.32 Å². The molecule has 2 unspecified atom stereocenters. The average Bonchev–Trinajstić information content (AvgIpc) is 2.27. The van der Waals surface area contributed by atoms with E-state index in [-0.39, 0.29) is 12.6 Å². The minimum Gasteiger partial charge on any atom is -0.395 e. The van der Waals surface area contributed by atoms with E-state index >= 15 is 0 Å². The lowest BCUT2D eigenvalue weighted by Gasteiger charge is -2.29. The first-order valence-corrected chi connectivity index (χ1v) is 6.66. The Morgan fingerprint density at radius 3 is 2.19 bits per heavy atom. The third-order valence-electron chi connectivity index (χ3n) is 3.17. The Labute approximate surface area is 101 Å². The standard InChI is InChI=1S/C13H30N2O/c1-6-12(5)15(7-2)9-8-13(10-16)14-11(3)4/h11-14,16H,6-10H2,1-5H3. The Morgan fingerprint density at radius 1 is 1.19 bits per heavy atom. The van der Waals surface area contributed by atoms with Crippen LogP contribution in [0.3, 0.4) is 0 Å². The largest absolute Gasteiger partial charge is 0.395 e. The van der Waals surface area contributed by atoms with E-state index in [0.29, 0.717) is 12.1 Å². The van der Waals surface area contributed by atoms with Crippen LogP contribution in [-0.2, 0) is 0 Å². The van der Waals surface area contributed by atoms with E-state index in [2.05, 4.69) is 44.8 Å². The number of hydrogen-bond acceptors (Lipinski definition) is 3. The number of rotatable bonds is 9. The summed E-state index contributed by atoms with van der Waals surface area (Å²) in [5.74, 6) is 0. The molecule has 0 radical (unpaired) electrons. The Hall–Kier alpha value is -0.120. The highest BCUT2D eigenvalue weighted by Crippen LogP contribution is 2.05. The van der Waals surface area contributed by atoms with Crippen molar-refractivity contribution in [1.29, 1.82) is 0 Å². The summed E-state index contributed by atoms with van der Waals surface area (Å²) in [6, 6.07) is 1.32. The Bertz CT molecular complexity index is 162. The van der Waals surface area contributed by atoms with Gasteiger partial charge in [-0.2, -0.15) is 0 Å². The fraction of sp³-hybridized carbons (Fsp3) is 1.00. The number of hydrogen-bond donors (Lipinski definition) is 2. The zero-order valence-electron chi connectivity index (χ0n) is 11.7. The number of aliphatic hydroxyl groups is 1. The van der Waals surface area contributed by atoms with Gasteiger partial charge in [-0.25, -0.2) is 0 Å². The maximum atomic E-state index is 9.28. The van der Waals surface area contributed by atoms with Gasteiger partial charge in [-0.1, -0.05) is 27.7 Å². The molecule has 0 saturated carbocycles. The minimum absolute atomic E-state index is 0.232. The lowest BCUT2D eigenvalue weighted by molar-refractivity contribution is 0.176. The van der Waals surface area contributed by atoms with Crippen molar-refractivity contribution in [3.05, 3.63) is 0 Å². The highest BCUT2D eigenvalue weighted by Gasteiger charge is 2.13. The molecular formula is C13H30N2O. The van der Waals surface area contributed by atoms with Crippen LogP contribution in [0.4, 0.5) is 0 Å². The first-order chi connectivity index (χ1) is 7.54. The van der Waals surface area contributed by atoms with Crippen molar-refractivity contribution in [3.8, 4) is 0 Å². The van der Waals surface area contributed by atoms with Crippen LogP contribution in [0.15, 0.2) is 0 Å². The topological polar surface area (TPSA) is 35.5 Å². The highest BCUT2D eigenvalue weighted by molar-refractivity contribution is 4.72. The predicted octanol–water partition coefficient (Wildman–Crippen LogP) is 1.86. The van der Waals surface area contributed by atoms with Crippen molar-refractivity contribution in [1.82, 2.24) is 10.2 Å². The predicted molar refractivity (Wildman–Crippen MR) is 70.8 cm³/mol. The van der Waals surface area contributed by atoms with Crippen LogP contribution in [0.25, 0.3) is 0 Å². The summed E-state index contributed by atoms with van der Waals surface area (Å²) in [6.45, 7) is 13.3. The molecule has 3 nitrogen and oxygen atoms in total. The third kappa shape index (κ3) is 6.46. The van der Waals surface area contributed by atoms with Crippen molar-refractivity contribution >= 4 is 0 Å². The molecule has 0 aliphatic carbocycles. The lowest BCUT2D eigenvalue weighted by atomic mass is 10.1. The molecule has 0 rings (SSSR count). The summed E-state index contributed by atoms with van der Waals surface area (Å²) in [7, 11) is 0. The molecule has 0 aliphatic rings. The molecule has 0 aromatic heterocycles. The summed E-state index contributed by atoms with van der Waals surface area (Å²) in [5.41, 5.74) is 0. The second-order valence-electron chi connectivity index (χ2n) is 4.88. The van der Waals surface area contributed by atoms with Crippen LogP contribution in [-0.4, -0.2) is 47.8 Å². The average molecular weight is 230 g/mol. The second kappa shape index (κ2) is 8.97. The monoisotopic (exact) mass is 230 g/mol. The number of nitrogens with zero attached hydrogens (tertiary/aromatic N) is 1. The zero-order valence-corrected chi connectivity index (χ0v) is 11.7. The first kappa shape index (κ1) is 15.9. The smallest absolute Gasteiger partial charge is 0.0585 e. The Kier molecular flexibility index (Phi) is 8.90. The van der Waals surface area contributed by atoms with Gasteiger partial charge in [0.05, 0.1) is 6.61 Å². The van der Waals surface area contributed by atoms with E-state index in [1.807, 2.05) is 0 Å². The molecular weight excluding hydrogens is 200 g/mol. The first-order valence-electron chi connectivity index (χ1n) is 6.66. The summed E-state index contributed by atoms with van der Waals surface area (Å²) >= 11 is 0. The molecule has 0 saturated heterocycles. The van der Waals surface area contributed by atoms with Gasteiger partial charge in [0.15, 0.2) is 0 Å². The van der Waals surface area contributed by atoms with E-state index < -0.39 is 0 Å². The van der Waals surface area contributed by atoms with E-state index in [1.165, 1.54) is 6.42 Å². The van der Waals surface area contributed by atoms with Gasteiger partial charge in [0.25, 0.3) is 0 Å². The maximum absolute atomic E-state index is 9.28. The van der Waals surface area contributed by atoms with Gasteiger partial charge in [0.2, 0.25) is 0 Å². The van der Waals surface area contributed by atoms with E-state index in [0.717, 1.165) is 19.5 Å². The van der Waals surface area contributed by atoms with Crippen molar-refractivity contribution < 1.29 is 5.11 Å². The van der Waals surface area contributed by atoms with E-state index in [1.54, 1.807) is 0 Å². The van der Waals surface area contributed by atoms with Crippen LogP contribution in [0.1, 0.15) is 47.5 Å². The molecule has 0 spiro atoms. The molecule has 16 heavy (non-hydrogen) atoms. The third-order valence-corrected chi connectivity index (χ3v) is 3.17. The molecule has 0 aromatic carbocycles. The molecule has 0 amide bonds. The number of aliphatic hydroxyl groups excluding tert-OH is 1. The lowest BCUT2D eigenvalue weighted by Crippen LogP contribution is -2.42. The molecule has 2 N–H and O–H groups in total. The van der Waals surface area contributed by atoms with Gasteiger partial charge < -0.3 is 15.3 Å². The van der Waals surface area contributed by atoms with E-state index in [9.17, 15) is 5.11 Å². The quantitative estimate of drug-likeness (QED) is 0.634. The molecule has 0 heterocycles. The van der Waals surface area contributed by atoms with Crippen molar-refractivity contribution in [3.63, 3.8) is 0 Å². The van der Waals surface area contributed by atoms with Gasteiger partial charge >= 0.3 is 0 Å². The van der Waals surface area contributed by atoms with Gasteiger partial charge in [-0.3, -0.25) is 0 Å². The van der Waals surface area contributed by atoms with Crippen LogP contribution >= 0.6 is 0 Å². The highest BCUT2D eigenvalue weighted by atomic mass is 16.3. The maximum Gasteiger partial charge on any atom is 0.0585 e. The molecule has 0 aromatic rings. The molecule has 0 fully saturated rings. The normalized spacial score (nSPS) is 15.8. The second-order valence-corrected chi connectivity index (χ2v) is 4.88. The number of nitrogens with one attached hydrogen (secondary N) is 1. The van der Waals surface area contributed by atoms with Crippen molar-refractivity contribution in [2.75, 3.05) is 19.7 Å². The van der Waals surface area contributed by atoms with E-state index in [4.69, 9.17) is 0 Å². The summed E-state index contributed by atoms with van der Waals surface area (Å²) in [6.07, 6.45) is 2.21. The fourth-order valence-electron chi connectivity index (χ4n) is 1.97. The Balaban J connectivity index is 3.97. The summed E-state index contributed by atoms with van der Waals surface area (Å²) < 4.78 is 0. The fourth-order valence-corrected chi connectivity index (χ4v) is 1.97. The van der Waals surface area contributed by atoms with Crippen LogP contribution in [0.2, 0.25) is 0 Å². The Morgan fingerprint density at radius 2 is 1.81 bits per heavy atom. The van der Waals surface area contributed by atoms with Crippen LogP contribution in [0, 0.1) is 0 Å². The molecule has 3 heteroatoms. The van der Waals surface area contributed by atoms with Crippen molar-refractivity contribution in [2.45, 2.75) is 65.6 Å². The van der Waals surface area contributed by atoms with Crippen LogP contribution in [0.5, 0.6) is 0 Å². The molecule has 0 bridgehead atoms. The summed E-state index contributed by atoms with van der Waals surface area (Å²) in [5, 5.41) is 12.7. The molecule has 0 aliphatic heterocycles. The van der Waals surface area contributed by atoms with Gasteiger partial charge in [-0.15, -0.1) is 0 Å². The minimum atomic E-state index is 0.232.